The molecule has 20 heavy (non-hydrogen) atoms. The van der Waals surface area contributed by atoms with E-state index in [2.05, 4.69) is 4.98 Å². The standard InChI is InChI=1S/C16H16N2OS/c1-9-8-10(2)18-16-12(9)13(17)15(20-16)14(19)11-6-4-3-5-7-11/h3-8,14,19H,17H2,1-2H3/t14-/m1/s1. The van der Waals surface area contributed by atoms with Crippen LogP contribution in [0.15, 0.2) is 36.4 Å². The summed E-state index contributed by atoms with van der Waals surface area (Å²) in [5.41, 5.74) is 9.80. The van der Waals surface area contributed by atoms with Crippen molar-refractivity contribution in [2.24, 2.45) is 0 Å². The third-order valence-corrected chi connectivity index (χ3v) is 4.57. The van der Waals surface area contributed by atoms with E-state index in [1.54, 1.807) is 0 Å². The predicted octanol–water partition coefficient (Wildman–Crippen LogP) is 3.58. The summed E-state index contributed by atoms with van der Waals surface area (Å²) >= 11 is 1.47. The van der Waals surface area contributed by atoms with Gasteiger partial charge in [0.25, 0.3) is 0 Å². The lowest BCUT2D eigenvalue weighted by Gasteiger charge is -2.09. The van der Waals surface area contributed by atoms with E-state index in [0.29, 0.717) is 5.69 Å². The van der Waals surface area contributed by atoms with Crippen LogP contribution in [-0.4, -0.2) is 10.1 Å². The Labute approximate surface area is 121 Å². The minimum atomic E-state index is -0.699. The van der Waals surface area contributed by atoms with Crippen LogP contribution in [0.3, 0.4) is 0 Å². The minimum Gasteiger partial charge on any atom is -0.397 e. The van der Waals surface area contributed by atoms with Crippen molar-refractivity contribution in [3.8, 4) is 0 Å². The summed E-state index contributed by atoms with van der Waals surface area (Å²) in [5.74, 6) is 0. The molecule has 0 spiro atoms. The SMILES string of the molecule is Cc1cc(C)c2c(N)c([C@H](O)c3ccccc3)sc2n1. The van der Waals surface area contributed by atoms with Crippen LogP contribution in [0, 0.1) is 13.8 Å². The number of aliphatic hydroxyl groups excluding tert-OH is 1. The number of nitrogens with zero attached hydrogens (tertiary/aromatic N) is 1. The number of rotatable bonds is 2. The highest BCUT2D eigenvalue weighted by atomic mass is 32.1. The van der Waals surface area contributed by atoms with Gasteiger partial charge >= 0.3 is 0 Å². The van der Waals surface area contributed by atoms with Crippen molar-refractivity contribution in [3.63, 3.8) is 0 Å². The highest BCUT2D eigenvalue weighted by molar-refractivity contribution is 7.19. The maximum atomic E-state index is 10.5. The molecule has 0 radical (unpaired) electrons. The lowest BCUT2D eigenvalue weighted by atomic mass is 10.1. The van der Waals surface area contributed by atoms with E-state index in [4.69, 9.17) is 5.73 Å². The van der Waals surface area contributed by atoms with Crippen LogP contribution >= 0.6 is 11.3 Å². The predicted molar refractivity (Wildman–Crippen MR) is 84.0 cm³/mol. The fraction of sp³-hybridized carbons (Fsp3) is 0.188. The molecule has 0 bridgehead atoms. The molecule has 3 aromatic rings. The summed E-state index contributed by atoms with van der Waals surface area (Å²) in [6, 6.07) is 11.6. The molecule has 0 aliphatic heterocycles. The number of aromatic nitrogens is 1. The van der Waals surface area contributed by atoms with Crippen molar-refractivity contribution in [2.45, 2.75) is 20.0 Å². The van der Waals surface area contributed by atoms with E-state index < -0.39 is 6.10 Å². The third-order valence-electron chi connectivity index (χ3n) is 3.42. The van der Waals surface area contributed by atoms with Gasteiger partial charge in [0.1, 0.15) is 10.9 Å². The van der Waals surface area contributed by atoms with Crippen LogP contribution in [0.5, 0.6) is 0 Å². The van der Waals surface area contributed by atoms with Crippen LogP contribution < -0.4 is 5.73 Å². The van der Waals surface area contributed by atoms with Crippen LogP contribution in [-0.2, 0) is 0 Å². The zero-order valence-corrected chi connectivity index (χ0v) is 12.2. The summed E-state index contributed by atoms with van der Waals surface area (Å²) < 4.78 is 0. The maximum absolute atomic E-state index is 10.5. The first kappa shape index (κ1) is 13.1. The number of benzene rings is 1. The normalized spacial score (nSPS) is 12.8. The van der Waals surface area contributed by atoms with Gasteiger partial charge in [-0.05, 0) is 31.0 Å². The number of hydrogen-bond acceptors (Lipinski definition) is 4. The Hall–Kier alpha value is -1.91. The molecule has 0 unspecified atom stereocenters. The van der Waals surface area contributed by atoms with E-state index in [0.717, 1.165) is 31.9 Å². The summed E-state index contributed by atoms with van der Waals surface area (Å²) in [5, 5.41) is 11.5. The van der Waals surface area contributed by atoms with E-state index >= 15 is 0 Å². The van der Waals surface area contributed by atoms with Crippen molar-refractivity contribution in [1.29, 1.82) is 0 Å². The molecule has 3 nitrogen and oxygen atoms in total. The van der Waals surface area contributed by atoms with E-state index in [-0.39, 0.29) is 0 Å². The Morgan fingerprint density at radius 3 is 2.60 bits per heavy atom. The molecule has 0 amide bonds. The number of aryl methyl sites for hydroxylation is 2. The number of thiophene rings is 1. The Morgan fingerprint density at radius 1 is 1.20 bits per heavy atom. The Bertz CT molecular complexity index is 765. The molecule has 0 saturated heterocycles. The summed E-state index contributed by atoms with van der Waals surface area (Å²) in [7, 11) is 0. The molecule has 0 aliphatic carbocycles. The van der Waals surface area contributed by atoms with Gasteiger partial charge in [-0.1, -0.05) is 30.3 Å². The smallest absolute Gasteiger partial charge is 0.126 e. The molecule has 0 saturated carbocycles. The van der Waals surface area contributed by atoms with Gasteiger partial charge in [-0.2, -0.15) is 0 Å². The fourth-order valence-corrected chi connectivity index (χ4v) is 3.71. The van der Waals surface area contributed by atoms with Gasteiger partial charge < -0.3 is 10.8 Å². The van der Waals surface area contributed by atoms with Gasteiger partial charge in [0.05, 0.1) is 10.6 Å². The second kappa shape index (κ2) is 4.89. The molecule has 2 heterocycles. The van der Waals surface area contributed by atoms with Crippen molar-refractivity contribution >= 4 is 27.2 Å². The minimum absolute atomic E-state index is 0.645. The topological polar surface area (TPSA) is 59.1 Å². The lowest BCUT2D eigenvalue weighted by molar-refractivity contribution is 0.225. The molecule has 4 heteroatoms. The molecule has 0 aliphatic rings. The number of nitrogens with two attached hydrogens (primary N) is 1. The zero-order chi connectivity index (χ0) is 14.3. The lowest BCUT2D eigenvalue weighted by Crippen LogP contribution is -2.00. The first-order valence-corrected chi connectivity index (χ1v) is 7.28. The molecule has 102 valence electrons. The molecule has 1 aromatic carbocycles. The highest BCUT2D eigenvalue weighted by Gasteiger charge is 2.20. The molecular weight excluding hydrogens is 268 g/mol. The van der Waals surface area contributed by atoms with Crippen LogP contribution in [0.2, 0.25) is 0 Å². The van der Waals surface area contributed by atoms with Gasteiger partial charge in [0.2, 0.25) is 0 Å². The zero-order valence-electron chi connectivity index (χ0n) is 11.4. The van der Waals surface area contributed by atoms with Gasteiger partial charge in [-0.25, -0.2) is 4.98 Å². The van der Waals surface area contributed by atoms with Gasteiger partial charge in [-0.3, -0.25) is 0 Å². The summed E-state index contributed by atoms with van der Waals surface area (Å²) in [6.45, 7) is 3.99. The molecule has 3 rings (SSSR count). The Kier molecular flexibility index (Phi) is 3.20. The van der Waals surface area contributed by atoms with Gasteiger partial charge in [0.15, 0.2) is 0 Å². The van der Waals surface area contributed by atoms with Crippen LogP contribution in [0.1, 0.15) is 27.8 Å². The fourth-order valence-electron chi connectivity index (χ4n) is 2.48. The molecule has 2 aromatic heterocycles. The van der Waals surface area contributed by atoms with Gasteiger partial charge in [0, 0.05) is 11.1 Å². The largest absolute Gasteiger partial charge is 0.397 e. The van der Waals surface area contributed by atoms with E-state index in [1.165, 1.54) is 11.3 Å². The second-order valence-electron chi connectivity index (χ2n) is 4.95. The average molecular weight is 284 g/mol. The highest BCUT2D eigenvalue weighted by Crippen LogP contribution is 2.40. The summed E-state index contributed by atoms with van der Waals surface area (Å²) in [6.07, 6.45) is -0.699. The Balaban J connectivity index is 2.18. The summed E-state index contributed by atoms with van der Waals surface area (Å²) in [4.78, 5) is 6.19. The number of anilines is 1. The van der Waals surface area contributed by atoms with Crippen LogP contribution in [0.4, 0.5) is 5.69 Å². The first-order valence-electron chi connectivity index (χ1n) is 6.47. The molecule has 3 N–H and O–H groups in total. The van der Waals surface area contributed by atoms with E-state index in [9.17, 15) is 5.11 Å². The second-order valence-corrected chi connectivity index (χ2v) is 5.98. The van der Waals surface area contributed by atoms with E-state index in [1.807, 2.05) is 50.2 Å². The average Bonchev–Trinajstić information content (AvgIpc) is 2.76. The van der Waals surface area contributed by atoms with Crippen molar-refractivity contribution in [3.05, 3.63) is 58.1 Å². The number of nitrogen functional groups attached to an aromatic ring is 1. The van der Waals surface area contributed by atoms with Crippen molar-refractivity contribution in [2.75, 3.05) is 5.73 Å². The number of fused-ring (bicyclic) bond motifs is 1. The van der Waals surface area contributed by atoms with Crippen molar-refractivity contribution in [1.82, 2.24) is 4.98 Å². The third kappa shape index (κ3) is 2.07. The molecular formula is C16H16N2OS. The van der Waals surface area contributed by atoms with Crippen LogP contribution in [0.25, 0.3) is 10.2 Å². The quantitative estimate of drug-likeness (QED) is 0.756. The number of hydrogen-bond donors (Lipinski definition) is 2. The Morgan fingerprint density at radius 2 is 1.90 bits per heavy atom. The molecule has 0 fully saturated rings. The number of pyridine rings is 1. The molecule has 1 atom stereocenters. The monoisotopic (exact) mass is 284 g/mol. The van der Waals surface area contributed by atoms with Crippen molar-refractivity contribution < 1.29 is 5.11 Å². The number of aliphatic hydroxyl groups is 1. The first-order chi connectivity index (χ1) is 9.58. The maximum Gasteiger partial charge on any atom is 0.126 e. The van der Waals surface area contributed by atoms with Gasteiger partial charge in [-0.15, -0.1) is 11.3 Å².